The number of allylic oxidation sites excluding steroid dienone is 4. The highest BCUT2D eigenvalue weighted by molar-refractivity contribution is 5.73. The number of anilines is 4. The summed E-state index contributed by atoms with van der Waals surface area (Å²) in [5.74, 6) is 0. The van der Waals surface area contributed by atoms with Crippen molar-refractivity contribution in [2.45, 2.75) is 6.92 Å². The van der Waals surface area contributed by atoms with E-state index in [2.05, 4.69) is 58.8 Å². The van der Waals surface area contributed by atoms with Gasteiger partial charge in [-0.2, -0.15) is 5.26 Å². The lowest BCUT2D eigenvalue weighted by atomic mass is 10.1. The van der Waals surface area contributed by atoms with Crippen molar-refractivity contribution in [3.8, 4) is 6.07 Å². The minimum Gasteiger partial charge on any atom is -0.345 e. The monoisotopic (exact) mass is 391 g/mol. The van der Waals surface area contributed by atoms with Gasteiger partial charge in [0.25, 0.3) is 0 Å². The maximum absolute atomic E-state index is 9.16. The van der Waals surface area contributed by atoms with Crippen LogP contribution in [0.4, 0.5) is 22.7 Å². The van der Waals surface area contributed by atoms with Crippen molar-refractivity contribution in [1.29, 1.82) is 5.26 Å². The van der Waals surface area contributed by atoms with Crippen LogP contribution in [-0.2, 0) is 0 Å². The third-order valence-electron chi connectivity index (χ3n) is 4.80. The Hall–Kier alpha value is -4.03. The van der Waals surface area contributed by atoms with Gasteiger partial charge in [-0.15, -0.1) is 0 Å². The number of para-hydroxylation sites is 1. The molecule has 0 aromatic heterocycles. The first-order chi connectivity index (χ1) is 14.7. The topological polar surface area (TPSA) is 30.3 Å². The fourth-order valence-electron chi connectivity index (χ4n) is 3.21. The SMILES string of the molecule is C=C/C(=C\C=C/C)N(c1ccccc1)c1ccc(N(C)c2cccc(C#N)c2)cc1. The van der Waals surface area contributed by atoms with E-state index >= 15 is 0 Å². The van der Waals surface area contributed by atoms with Crippen molar-refractivity contribution in [2.24, 2.45) is 0 Å². The lowest BCUT2D eigenvalue weighted by molar-refractivity contribution is 1.18. The summed E-state index contributed by atoms with van der Waals surface area (Å²) >= 11 is 0. The molecule has 148 valence electrons. The Kier molecular flexibility index (Phi) is 6.87. The molecule has 0 aliphatic carbocycles. The van der Waals surface area contributed by atoms with Crippen LogP contribution in [-0.4, -0.2) is 7.05 Å². The summed E-state index contributed by atoms with van der Waals surface area (Å²) in [7, 11) is 2.00. The molecule has 30 heavy (non-hydrogen) atoms. The van der Waals surface area contributed by atoms with Crippen LogP contribution in [0, 0.1) is 11.3 Å². The molecule has 3 aromatic rings. The van der Waals surface area contributed by atoms with E-state index in [1.807, 2.05) is 80.7 Å². The van der Waals surface area contributed by atoms with E-state index in [9.17, 15) is 0 Å². The van der Waals surface area contributed by atoms with E-state index in [0.29, 0.717) is 5.56 Å². The first kappa shape index (κ1) is 20.7. The number of nitriles is 1. The number of rotatable bonds is 7. The van der Waals surface area contributed by atoms with E-state index in [1.54, 1.807) is 0 Å². The number of hydrogen-bond donors (Lipinski definition) is 0. The second-order valence-corrected chi connectivity index (χ2v) is 6.73. The Morgan fingerprint density at radius 3 is 2.13 bits per heavy atom. The van der Waals surface area contributed by atoms with Gasteiger partial charge >= 0.3 is 0 Å². The summed E-state index contributed by atoms with van der Waals surface area (Å²) in [6.45, 7) is 6.01. The molecular weight excluding hydrogens is 366 g/mol. The zero-order valence-corrected chi connectivity index (χ0v) is 17.4. The molecule has 0 aliphatic rings. The largest absolute Gasteiger partial charge is 0.345 e. The van der Waals surface area contributed by atoms with E-state index < -0.39 is 0 Å². The smallest absolute Gasteiger partial charge is 0.0992 e. The molecule has 0 aliphatic heterocycles. The quantitative estimate of drug-likeness (QED) is 0.402. The number of benzene rings is 3. The molecule has 3 rings (SSSR count). The average Bonchev–Trinajstić information content (AvgIpc) is 2.82. The molecular formula is C27H25N3. The second-order valence-electron chi connectivity index (χ2n) is 6.73. The lowest BCUT2D eigenvalue weighted by Crippen LogP contribution is -2.15. The lowest BCUT2D eigenvalue weighted by Gasteiger charge is -2.27. The van der Waals surface area contributed by atoms with Gasteiger partial charge in [-0.1, -0.05) is 43.0 Å². The Bertz CT molecular complexity index is 1090. The molecule has 0 fully saturated rings. The average molecular weight is 392 g/mol. The Labute approximate surface area is 179 Å². The van der Waals surface area contributed by atoms with Crippen molar-refractivity contribution in [1.82, 2.24) is 0 Å². The highest BCUT2D eigenvalue weighted by Crippen LogP contribution is 2.33. The maximum atomic E-state index is 9.16. The third-order valence-corrected chi connectivity index (χ3v) is 4.80. The van der Waals surface area contributed by atoms with Gasteiger partial charge in [0.1, 0.15) is 0 Å². The van der Waals surface area contributed by atoms with Gasteiger partial charge in [0.15, 0.2) is 0 Å². The van der Waals surface area contributed by atoms with Gasteiger partial charge < -0.3 is 9.80 Å². The Morgan fingerprint density at radius 2 is 1.50 bits per heavy atom. The zero-order chi connectivity index (χ0) is 21.3. The Morgan fingerprint density at radius 1 is 0.867 bits per heavy atom. The van der Waals surface area contributed by atoms with Crippen LogP contribution in [0.25, 0.3) is 0 Å². The first-order valence-electron chi connectivity index (χ1n) is 9.82. The number of hydrogen-bond acceptors (Lipinski definition) is 3. The molecule has 0 radical (unpaired) electrons. The molecule has 3 nitrogen and oxygen atoms in total. The van der Waals surface area contributed by atoms with Crippen LogP contribution in [0.5, 0.6) is 0 Å². The highest BCUT2D eigenvalue weighted by atomic mass is 15.1. The van der Waals surface area contributed by atoms with Gasteiger partial charge in [0, 0.05) is 35.5 Å². The van der Waals surface area contributed by atoms with Crippen LogP contribution in [0.2, 0.25) is 0 Å². The van der Waals surface area contributed by atoms with Crippen molar-refractivity contribution >= 4 is 22.7 Å². The predicted molar refractivity (Wildman–Crippen MR) is 127 cm³/mol. The number of nitrogens with zero attached hydrogens (tertiary/aromatic N) is 3. The maximum Gasteiger partial charge on any atom is 0.0992 e. The van der Waals surface area contributed by atoms with Crippen LogP contribution in [0.1, 0.15) is 12.5 Å². The molecule has 0 atom stereocenters. The van der Waals surface area contributed by atoms with Crippen molar-refractivity contribution in [2.75, 3.05) is 16.8 Å². The molecule has 0 saturated carbocycles. The van der Waals surface area contributed by atoms with E-state index in [4.69, 9.17) is 5.26 Å². The first-order valence-corrected chi connectivity index (χ1v) is 9.82. The van der Waals surface area contributed by atoms with Crippen LogP contribution in [0.15, 0.2) is 115 Å². The molecule has 0 bridgehead atoms. The summed E-state index contributed by atoms with van der Waals surface area (Å²) in [5, 5.41) is 9.16. The zero-order valence-electron chi connectivity index (χ0n) is 17.4. The Balaban J connectivity index is 1.98. The van der Waals surface area contributed by atoms with Gasteiger partial charge in [-0.3, -0.25) is 0 Å². The van der Waals surface area contributed by atoms with E-state index in [-0.39, 0.29) is 0 Å². The minimum absolute atomic E-state index is 0.649. The molecule has 0 unspecified atom stereocenters. The molecule has 3 heteroatoms. The van der Waals surface area contributed by atoms with E-state index in [0.717, 1.165) is 28.4 Å². The van der Waals surface area contributed by atoms with Crippen LogP contribution < -0.4 is 9.80 Å². The van der Waals surface area contributed by atoms with Gasteiger partial charge in [0.2, 0.25) is 0 Å². The molecule has 0 heterocycles. The highest BCUT2D eigenvalue weighted by Gasteiger charge is 2.13. The molecule has 0 saturated heterocycles. The normalized spacial score (nSPS) is 11.2. The van der Waals surface area contributed by atoms with Crippen LogP contribution >= 0.6 is 0 Å². The third kappa shape index (κ3) is 4.68. The van der Waals surface area contributed by atoms with Crippen molar-refractivity contribution in [3.05, 3.63) is 121 Å². The molecule has 3 aromatic carbocycles. The van der Waals surface area contributed by atoms with Gasteiger partial charge in [-0.05, 0) is 73.7 Å². The summed E-state index contributed by atoms with van der Waals surface area (Å²) in [6.07, 6.45) is 7.92. The molecule has 0 N–H and O–H groups in total. The predicted octanol–water partition coefficient (Wildman–Crippen LogP) is 7.11. The second kappa shape index (κ2) is 9.95. The van der Waals surface area contributed by atoms with Gasteiger partial charge in [0.05, 0.1) is 11.6 Å². The summed E-state index contributed by atoms with van der Waals surface area (Å²) < 4.78 is 0. The standard InChI is InChI=1S/C27H25N3/c1-4-6-12-23(5-2)30(25-13-8-7-9-14-25)26-18-16-24(17-19-26)29(3)27-15-10-11-22(20-27)21-28/h4-20H,2H2,1,3H3/b6-4-,23-12+. The minimum atomic E-state index is 0.649. The van der Waals surface area contributed by atoms with E-state index in [1.165, 1.54) is 0 Å². The summed E-state index contributed by atoms with van der Waals surface area (Å²) in [4.78, 5) is 4.24. The van der Waals surface area contributed by atoms with Crippen molar-refractivity contribution < 1.29 is 0 Å². The van der Waals surface area contributed by atoms with Gasteiger partial charge in [-0.25, -0.2) is 0 Å². The molecule has 0 amide bonds. The van der Waals surface area contributed by atoms with Crippen LogP contribution in [0.3, 0.4) is 0 Å². The fourth-order valence-corrected chi connectivity index (χ4v) is 3.21. The molecule has 0 spiro atoms. The summed E-state index contributed by atoms with van der Waals surface area (Å²) in [5.41, 5.74) is 5.76. The fraction of sp³-hybridized carbons (Fsp3) is 0.0741. The summed E-state index contributed by atoms with van der Waals surface area (Å²) in [6, 6.07) is 28.4. The van der Waals surface area contributed by atoms with Crippen molar-refractivity contribution in [3.63, 3.8) is 0 Å².